The molecular weight excluding hydrogens is 164 g/mol. The predicted octanol–water partition coefficient (Wildman–Crippen LogP) is -1.22. The molecule has 0 amide bonds. The lowest BCUT2D eigenvalue weighted by atomic mass is 10.2. The maximum Gasteiger partial charge on any atom is 0.443 e. The number of nitrogens with zero attached hydrogens (tertiary/aromatic N) is 2. The lowest BCUT2D eigenvalue weighted by molar-refractivity contribution is -0.142. The standard InChI is InChI=1S/C6H8N2O4/c1-2-12-6(11)5(8-7)4(10)3-9/h9H,2-3H2,1H3. The van der Waals surface area contributed by atoms with E-state index in [0.717, 1.165) is 0 Å². The average Bonchev–Trinajstić information content (AvgIpc) is 2.06. The van der Waals surface area contributed by atoms with Gasteiger partial charge in [0.25, 0.3) is 5.78 Å². The maximum absolute atomic E-state index is 10.7. The van der Waals surface area contributed by atoms with Crippen LogP contribution in [-0.4, -0.2) is 40.6 Å². The highest BCUT2D eigenvalue weighted by molar-refractivity contribution is 6.62. The lowest BCUT2D eigenvalue weighted by Gasteiger charge is -1.93. The molecular formula is C6H8N2O4. The molecule has 0 aromatic heterocycles. The molecule has 0 rings (SSSR count). The predicted molar refractivity (Wildman–Crippen MR) is 37.4 cm³/mol. The average molecular weight is 172 g/mol. The molecule has 66 valence electrons. The summed E-state index contributed by atoms with van der Waals surface area (Å²) >= 11 is 0. The molecule has 6 heteroatoms. The number of carbonyl (C=O) groups excluding carboxylic acids is 2. The number of ether oxygens (including phenoxy) is 1. The van der Waals surface area contributed by atoms with Crippen LogP contribution < -0.4 is 0 Å². The lowest BCUT2D eigenvalue weighted by Crippen LogP contribution is -2.29. The van der Waals surface area contributed by atoms with Crippen molar-refractivity contribution in [3.8, 4) is 0 Å². The van der Waals surface area contributed by atoms with Crippen LogP contribution in [0, 0.1) is 0 Å². The SMILES string of the molecule is CCOC(=O)C(=[N+]=[N-])C(=O)CO. The minimum absolute atomic E-state index is 0.0660. The van der Waals surface area contributed by atoms with Gasteiger partial charge in [-0.1, -0.05) is 0 Å². The number of hydrogen-bond acceptors (Lipinski definition) is 4. The Morgan fingerprint density at radius 3 is 2.50 bits per heavy atom. The molecule has 0 radical (unpaired) electrons. The fourth-order valence-corrected chi connectivity index (χ4v) is 0.485. The molecule has 0 atom stereocenters. The fraction of sp³-hybridized carbons (Fsp3) is 0.500. The zero-order valence-electron chi connectivity index (χ0n) is 6.48. The zero-order valence-corrected chi connectivity index (χ0v) is 6.48. The Morgan fingerprint density at radius 2 is 2.17 bits per heavy atom. The van der Waals surface area contributed by atoms with Crippen LogP contribution in [0.5, 0.6) is 0 Å². The monoisotopic (exact) mass is 172 g/mol. The van der Waals surface area contributed by atoms with E-state index in [-0.39, 0.29) is 6.61 Å². The fourth-order valence-electron chi connectivity index (χ4n) is 0.485. The van der Waals surface area contributed by atoms with E-state index in [0.29, 0.717) is 0 Å². The van der Waals surface area contributed by atoms with Crippen molar-refractivity contribution in [2.75, 3.05) is 13.2 Å². The molecule has 0 bridgehead atoms. The van der Waals surface area contributed by atoms with E-state index < -0.39 is 24.1 Å². The first-order chi connectivity index (χ1) is 5.67. The molecule has 6 nitrogen and oxygen atoms in total. The highest BCUT2D eigenvalue weighted by Gasteiger charge is 2.29. The molecule has 0 saturated heterocycles. The molecule has 0 spiro atoms. The third-order valence-corrected chi connectivity index (χ3v) is 0.977. The van der Waals surface area contributed by atoms with Crippen molar-refractivity contribution < 1.29 is 24.2 Å². The van der Waals surface area contributed by atoms with Crippen LogP contribution in [0.15, 0.2) is 0 Å². The van der Waals surface area contributed by atoms with Crippen LogP contribution in [-0.2, 0) is 14.3 Å². The van der Waals surface area contributed by atoms with Crippen LogP contribution in [0.25, 0.3) is 5.53 Å². The summed E-state index contributed by atoms with van der Waals surface area (Å²) < 4.78 is 4.36. The second kappa shape index (κ2) is 5.17. The van der Waals surface area contributed by atoms with Gasteiger partial charge in [0.2, 0.25) is 0 Å². The largest absolute Gasteiger partial charge is 0.457 e. The normalized spacial score (nSPS) is 8.50. The van der Waals surface area contributed by atoms with E-state index in [9.17, 15) is 9.59 Å². The molecule has 0 fully saturated rings. The van der Waals surface area contributed by atoms with E-state index in [2.05, 4.69) is 9.53 Å². The van der Waals surface area contributed by atoms with Crippen LogP contribution in [0.1, 0.15) is 6.92 Å². The van der Waals surface area contributed by atoms with E-state index in [1.165, 1.54) is 6.92 Å². The highest BCUT2D eigenvalue weighted by atomic mass is 16.5. The first kappa shape index (κ1) is 10.5. The molecule has 0 saturated carbocycles. The van der Waals surface area contributed by atoms with Gasteiger partial charge in [0.05, 0.1) is 6.61 Å². The first-order valence-corrected chi connectivity index (χ1v) is 3.20. The van der Waals surface area contributed by atoms with E-state index >= 15 is 0 Å². The number of aliphatic hydroxyl groups excluding tert-OH is 1. The summed E-state index contributed by atoms with van der Waals surface area (Å²) in [5.41, 5.74) is 7.39. The number of esters is 1. The summed E-state index contributed by atoms with van der Waals surface area (Å²) in [5.74, 6) is -2.02. The number of ketones is 1. The zero-order chi connectivity index (χ0) is 9.56. The van der Waals surface area contributed by atoms with Crippen molar-refractivity contribution in [3.63, 3.8) is 0 Å². The van der Waals surface area contributed by atoms with Gasteiger partial charge in [0.15, 0.2) is 0 Å². The van der Waals surface area contributed by atoms with Gasteiger partial charge in [-0.2, -0.15) is 4.79 Å². The molecule has 0 aromatic rings. The molecule has 0 heterocycles. The summed E-state index contributed by atoms with van der Waals surface area (Å²) in [6.45, 7) is 0.713. The molecule has 12 heavy (non-hydrogen) atoms. The summed E-state index contributed by atoms with van der Waals surface area (Å²) in [6, 6.07) is 0. The van der Waals surface area contributed by atoms with Gasteiger partial charge in [-0.3, -0.25) is 4.79 Å². The Balaban J connectivity index is 4.48. The van der Waals surface area contributed by atoms with Crippen LogP contribution in [0.3, 0.4) is 0 Å². The molecule has 0 aromatic carbocycles. The minimum Gasteiger partial charge on any atom is -0.457 e. The number of aliphatic hydroxyl groups is 1. The molecule has 0 aliphatic rings. The van der Waals surface area contributed by atoms with E-state index in [4.69, 9.17) is 10.6 Å². The molecule has 0 unspecified atom stereocenters. The third-order valence-electron chi connectivity index (χ3n) is 0.977. The van der Waals surface area contributed by atoms with E-state index in [1.54, 1.807) is 0 Å². The van der Waals surface area contributed by atoms with Gasteiger partial charge < -0.3 is 15.4 Å². The molecule has 1 N–H and O–H groups in total. The van der Waals surface area contributed by atoms with Gasteiger partial charge in [-0.15, -0.1) is 0 Å². The second-order valence-corrected chi connectivity index (χ2v) is 1.75. The van der Waals surface area contributed by atoms with Crippen LogP contribution in [0.2, 0.25) is 0 Å². The Morgan fingerprint density at radius 1 is 1.58 bits per heavy atom. The van der Waals surface area contributed by atoms with Crippen molar-refractivity contribution in [2.24, 2.45) is 0 Å². The maximum atomic E-state index is 10.7. The van der Waals surface area contributed by atoms with Crippen molar-refractivity contribution in [1.82, 2.24) is 0 Å². The topological polar surface area (TPSA) is 100 Å². The Labute approximate surface area is 68.4 Å². The quantitative estimate of drug-likeness (QED) is 0.189. The van der Waals surface area contributed by atoms with Crippen molar-refractivity contribution in [1.29, 1.82) is 0 Å². The van der Waals surface area contributed by atoms with Crippen molar-refractivity contribution in [2.45, 2.75) is 6.92 Å². The first-order valence-electron chi connectivity index (χ1n) is 3.20. The van der Waals surface area contributed by atoms with Gasteiger partial charge in [0.1, 0.15) is 6.61 Å². The van der Waals surface area contributed by atoms with Gasteiger partial charge in [-0.25, -0.2) is 4.79 Å². The third kappa shape index (κ3) is 2.61. The molecule has 0 aliphatic carbocycles. The Bertz CT molecular complexity index is 242. The smallest absolute Gasteiger partial charge is 0.443 e. The second-order valence-electron chi connectivity index (χ2n) is 1.75. The summed E-state index contributed by atoms with van der Waals surface area (Å²) in [7, 11) is 0. The highest BCUT2D eigenvalue weighted by Crippen LogP contribution is 1.83. The Hall–Kier alpha value is -1.52. The van der Waals surface area contributed by atoms with Crippen molar-refractivity contribution >= 4 is 17.5 Å². The number of rotatable bonds is 4. The van der Waals surface area contributed by atoms with Crippen LogP contribution in [0.4, 0.5) is 0 Å². The van der Waals surface area contributed by atoms with E-state index in [1.807, 2.05) is 0 Å². The van der Waals surface area contributed by atoms with Crippen LogP contribution >= 0.6 is 0 Å². The van der Waals surface area contributed by atoms with Gasteiger partial charge in [-0.05, 0) is 6.92 Å². The number of carbonyl (C=O) groups is 2. The summed E-state index contributed by atoms with van der Waals surface area (Å²) in [6.07, 6.45) is 0. The minimum atomic E-state index is -1.04. The molecule has 0 aliphatic heterocycles. The number of Topliss-reactive ketones (excluding diaryl/α,β-unsaturated/α-hetero) is 1. The Kier molecular flexibility index (Phi) is 4.52. The van der Waals surface area contributed by atoms with Gasteiger partial charge >= 0.3 is 11.7 Å². The summed E-state index contributed by atoms with van der Waals surface area (Å²) in [5, 5.41) is 8.30. The summed E-state index contributed by atoms with van der Waals surface area (Å²) in [4.78, 5) is 23.8. The van der Waals surface area contributed by atoms with Crippen molar-refractivity contribution in [3.05, 3.63) is 5.53 Å². The van der Waals surface area contributed by atoms with Gasteiger partial charge in [0, 0.05) is 0 Å². The number of hydrogen-bond donors (Lipinski definition) is 1.